The van der Waals surface area contributed by atoms with E-state index in [1.54, 1.807) is 32.1 Å². The number of allylic oxidation sites excluding steroid dienone is 1. The first-order valence-electron chi connectivity index (χ1n) is 11.7. The van der Waals surface area contributed by atoms with Crippen LogP contribution in [-0.4, -0.2) is 45.3 Å². The van der Waals surface area contributed by atoms with Crippen molar-refractivity contribution in [3.05, 3.63) is 33.3 Å². The van der Waals surface area contributed by atoms with E-state index in [1.807, 2.05) is 45.2 Å². The Morgan fingerprint density at radius 3 is 2.52 bits per heavy atom. The van der Waals surface area contributed by atoms with Crippen LogP contribution in [0.15, 0.2) is 22.6 Å². The third kappa shape index (κ3) is 7.33. The van der Waals surface area contributed by atoms with Gasteiger partial charge in [-0.05, 0) is 63.7 Å². The number of cyclic esters (lactones) is 1. The van der Waals surface area contributed by atoms with Crippen LogP contribution in [0.4, 0.5) is 0 Å². The Labute approximate surface area is 201 Å². The summed E-state index contributed by atoms with van der Waals surface area (Å²) in [5.41, 5.74) is 1.54. The molecule has 1 aliphatic rings. The minimum atomic E-state index is -1.22. The molecule has 33 heavy (non-hydrogen) atoms. The van der Waals surface area contributed by atoms with Gasteiger partial charge >= 0.3 is 5.97 Å². The van der Waals surface area contributed by atoms with Crippen molar-refractivity contribution >= 4 is 29.2 Å². The van der Waals surface area contributed by atoms with Crippen molar-refractivity contribution in [2.75, 3.05) is 0 Å². The molecule has 5 unspecified atom stereocenters. The predicted octanol–water partition coefficient (Wildman–Crippen LogP) is 4.88. The van der Waals surface area contributed by atoms with Crippen LogP contribution in [0.3, 0.4) is 0 Å². The molecule has 7 heteroatoms. The monoisotopic (exact) mass is 477 g/mol. The van der Waals surface area contributed by atoms with E-state index in [0.29, 0.717) is 0 Å². The lowest BCUT2D eigenvalue weighted by Crippen LogP contribution is -2.45. The molecule has 2 rings (SSSR count). The molecule has 1 aliphatic heterocycles. The number of Topliss-reactive ketones (excluding diaryl/α,β-unsaturated/α-hetero) is 1. The number of aryl methyl sites for hydroxylation is 1. The molecule has 0 fully saturated rings. The third-order valence-electron chi connectivity index (χ3n) is 6.72. The lowest BCUT2D eigenvalue weighted by atomic mass is 9.73. The first kappa shape index (κ1) is 27.4. The molecule has 0 bridgehead atoms. The smallest absolute Gasteiger partial charge is 0.309 e. The first-order chi connectivity index (χ1) is 15.3. The van der Waals surface area contributed by atoms with Crippen molar-refractivity contribution in [1.29, 1.82) is 0 Å². The molecule has 0 aliphatic carbocycles. The van der Waals surface area contributed by atoms with Crippen molar-refractivity contribution in [3.8, 4) is 0 Å². The van der Waals surface area contributed by atoms with E-state index < -0.39 is 35.6 Å². The Balaban J connectivity index is 2.36. The van der Waals surface area contributed by atoms with Crippen LogP contribution in [0.5, 0.6) is 0 Å². The zero-order valence-electron chi connectivity index (χ0n) is 20.9. The molecule has 5 atom stereocenters. The number of aromatic nitrogens is 1. The molecule has 0 saturated carbocycles. The molecule has 0 spiro atoms. The van der Waals surface area contributed by atoms with Crippen LogP contribution < -0.4 is 0 Å². The van der Waals surface area contributed by atoms with Gasteiger partial charge < -0.3 is 14.9 Å². The summed E-state index contributed by atoms with van der Waals surface area (Å²) in [6, 6.07) is 0. The third-order valence-corrected chi connectivity index (χ3v) is 7.51. The molecule has 0 amide bonds. The molecule has 2 heterocycles. The van der Waals surface area contributed by atoms with E-state index in [-0.39, 0.29) is 18.1 Å². The highest BCUT2D eigenvalue weighted by atomic mass is 32.1. The molecule has 1 aromatic heterocycles. The van der Waals surface area contributed by atoms with Gasteiger partial charge in [0, 0.05) is 11.3 Å². The molecule has 2 N–H and O–H groups in total. The highest BCUT2D eigenvalue weighted by Gasteiger charge is 2.42. The topological polar surface area (TPSA) is 96.7 Å². The second-order valence-corrected chi connectivity index (χ2v) is 11.1. The highest BCUT2D eigenvalue weighted by molar-refractivity contribution is 7.09. The summed E-state index contributed by atoms with van der Waals surface area (Å²) in [7, 11) is 0. The molecule has 0 radical (unpaired) electrons. The molecular formula is C26H39NO5S. The quantitative estimate of drug-likeness (QED) is 0.466. The van der Waals surface area contributed by atoms with Crippen molar-refractivity contribution in [2.24, 2.45) is 17.3 Å². The maximum Gasteiger partial charge on any atom is 0.309 e. The summed E-state index contributed by atoms with van der Waals surface area (Å²) in [6.45, 7) is 12.7. The van der Waals surface area contributed by atoms with Crippen LogP contribution in [0.2, 0.25) is 0 Å². The molecule has 1 aromatic rings. The Kier molecular flexibility index (Phi) is 9.58. The number of thiazole rings is 1. The van der Waals surface area contributed by atoms with Crippen molar-refractivity contribution in [1.82, 2.24) is 4.98 Å². The van der Waals surface area contributed by atoms with Crippen molar-refractivity contribution in [3.63, 3.8) is 0 Å². The number of ether oxygens (including phenoxy) is 1. The van der Waals surface area contributed by atoms with Gasteiger partial charge in [-0.3, -0.25) is 9.59 Å². The average molecular weight is 478 g/mol. The number of hydrogen-bond donors (Lipinski definition) is 2. The van der Waals surface area contributed by atoms with Gasteiger partial charge in [0.05, 0.1) is 34.7 Å². The molecule has 6 nitrogen and oxygen atoms in total. The van der Waals surface area contributed by atoms with Gasteiger partial charge in [-0.1, -0.05) is 33.3 Å². The molecular weight excluding hydrogens is 438 g/mol. The lowest BCUT2D eigenvalue weighted by Gasteiger charge is -2.34. The fraction of sp³-hybridized carbons (Fsp3) is 0.654. The van der Waals surface area contributed by atoms with Crippen molar-refractivity contribution < 1.29 is 24.5 Å². The Morgan fingerprint density at radius 2 is 1.91 bits per heavy atom. The second-order valence-electron chi connectivity index (χ2n) is 10.1. The fourth-order valence-electron chi connectivity index (χ4n) is 4.24. The van der Waals surface area contributed by atoms with E-state index in [2.05, 4.69) is 4.98 Å². The SMILES string of the molecule is CC1=CC(C(C)=Cc2csc(C)n2)OC(=O)CC(O)C(C)(C)C(=O)C(C)C(O)C(C)CCC1. The zero-order chi connectivity index (χ0) is 24.9. The number of ketones is 1. The van der Waals surface area contributed by atoms with Crippen LogP contribution in [0.25, 0.3) is 6.08 Å². The first-order valence-corrected chi connectivity index (χ1v) is 12.6. The summed E-state index contributed by atoms with van der Waals surface area (Å²) >= 11 is 1.56. The largest absolute Gasteiger partial charge is 0.453 e. The van der Waals surface area contributed by atoms with Gasteiger partial charge in [0.2, 0.25) is 0 Å². The Bertz CT molecular complexity index is 900. The van der Waals surface area contributed by atoms with Gasteiger partial charge in [0.15, 0.2) is 0 Å². The summed E-state index contributed by atoms with van der Waals surface area (Å²) in [5, 5.41) is 24.5. The minimum absolute atomic E-state index is 0.0574. The number of aliphatic hydroxyl groups excluding tert-OH is 2. The van der Waals surface area contributed by atoms with Gasteiger partial charge in [-0.15, -0.1) is 11.3 Å². The number of nitrogens with zero attached hydrogens (tertiary/aromatic N) is 1. The van der Waals surface area contributed by atoms with Gasteiger partial charge in [-0.25, -0.2) is 4.98 Å². The van der Waals surface area contributed by atoms with Crippen molar-refractivity contribution in [2.45, 2.75) is 92.5 Å². The lowest BCUT2D eigenvalue weighted by molar-refractivity contribution is -0.152. The van der Waals surface area contributed by atoms with Gasteiger partial charge in [0.25, 0.3) is 0 Å². The molecule has 184 valence electrons. The Hall–Kier alpha value is -1.83. The van der Waals surface area contributed by atoms with Gasteiger partial charge in [-0.2, -0.15) is 0 Å². The van der Waals surface area contributed by atoms with E-state index >= 15 is 0 Å². The van der Waals surface area contributed by atoms with Crippen LogP contribution in [-0.2, 0) is 14.3 Å². The second kappa shape index (κ2) is 11.5. The number of carbonyl (C=O) groups excluding carboxylic acids is 2. The van der Waals surface area contributed by atoms with Crippen LogP contribution in [0, 0.1) is 24.2 Å². The predicted molar refractivity (Wildman–Crippen MR) is 132 cm³/mol. The highest BCUT2D eigenvalue weighted by Crippen LogP contribution is 2.32. The summed E-state index contributed by atoms with van der Waals surface area (Å²) in [4.78, 5) is 30.4. The normalized spacial score (nSPS) is 30.8. The average Bonchev–Trinajstić information content (AvgIpc) is 3.14. The van der Waals surface area contributed by atoms with E-state index in [1.165, 1.54) is 0 Å². The Morgan fingerprint density at radius 1 is 1.24 bits per heavy atom. The number of esters is 1. The standard InChI is InChI=1S/C26H39NO5S/c1-15-9-8-10-16(2)24(30)18(4)25(31)26(6,7)22(28)13-23(29)32-21(11-15)17(3)12-20-14-33-19(5)27-20/h11-12,14,16,18,21-22,24,28,30H,8-10,13H2,1-7H3. The maximum atomic E-state index is 13.1. The van der Waals surface area contributed by atoms with E-state index in [0.717, 1.165) is 41.1 Å². The number of rotatable bonds is 2. The molecule has 0 saturated heterocycles. The van der Waals surface area contributed by atoms with Crippen LogP contribution >= 0.6 is 11.3 Å². The fourth-order valence-corrected chi connectivity index (χ4v) is 4.81. The van der Waals surface area contributed by atoms with E-state index in [4.69, 9.17) is 4.74 Å². The summed E-state index contributed by atoms with van der Waals surface area (Å²) in [6.07, 6.45) is 3.35. The maximum absolute atomic E-state index is 13.1. The molecule has 0 aromatic carbocycles. The van der Waals surface area contributed by atoms with Gasteiger partial charge in [0.1, 0.15) is 11.9 Å². The zero-order valence-corrected chi connectivity index (χ0v) is 21.7. The summed E-state index contributed by atoms with van der Waals surface area (Å²) < 4.78 is 5.78. The number of carbonyl (C=O) groups is 2. The summed E-state index contributed by atoms with van der Waals surface area (Å²) in [5.74, 6) is -1.52. The minimum Gasteiger partial charge on any atom is -0.453 e. The van der Waals surface area contributed by atoms with E-state index in [9.17, 15) is 19.8 Å². The van der Waals surface area contributed by atoms with Crippen LogP contribution in [0.1, 0.15) is 77.9 Å². The number of hydrogen-bond acceptors (Lipinski definition) is 7. The number of aliphatic hydroxyl groups is 2.